The van der Waals surface area contributed by atoms with Crippen LogP contribution in [-0.4, -0.2) is 31.1 Å². The van der Waals surface area contributed by atoms with Crippen LogP contribution in [0.5, 0.6) is 0 Å². The SMILES string of the molecule is COC(=O)[C@H]1C[C@@H](C)[C@@H]2OC(C)(C)O[C@@H]21. The van der Waals surface area contributed by atoms with Crippen molar-refractivity contribution in [3.05, 3.63) is 0 Å². The van der Waals surface area contributed by atoms with Crippen molar-refractivity contribution in [1.29, 1.82) is 0 Å². The summed E-state index contributed by atoms with van der Waals surface area (Å²) in [6, 6.07) is 0. The van der Waals surface area contributed by atoms with Crippen molar-refractivity contribution in [3.63, 3.8) is 0 Å². The zero-order valence-corrected chi connectivity index (χ0v) is 9.65. The van der Waals surface area contributed by atoms with E-state index in [9.17, 15) is 4.79 Å². The van der Waals surface area contributed by atoms with E-state index in [0.29, 0.717) is 5.92 Å². The van der Waals surface area contributed by atoms with Gasteiger partial charge in [0, 0.05) is 0 Å². The van der Waals surface area contributed by atoms with Crippen molar-refractivity contribution in [2.75, 3.05) is 7.11 Å². The molecule has 4 heteroatoms. The summed E-state index contributed by atoms with van der Waals surface area (Å²) in [5.74, 6) is -0.579. The van der Waals surface area contributed by atoms with Crippen LogP contribution in [0.25, 0.3) is 0 Å². The lowest BCUT2D eigenvalue weighted by molar-refractivity contribution is -0.169. The highest BCUT2D eigenvalue weighted by Gasteiger charge is 2.54. The van der Waals surface area contributed by atoms with Gasteiger partial charge in [0.15, 0.2) is 5.79 Å². The zero-order chi connectivity index (χ0) is 11.2. The lowest BCUT2D eigenvalue weighted by Crippen LogP contribution is -2.30. The molecule has 15 heavy (non-hydrogen) atoms. The normalized spacial score (nSPS) is 42.7. The molecule has 0 aromatic heterocycles. The van der Waals surface area contributed by atoms with Gasteiger partial charge in [-0.3, -0.25) is 4.79 Å². The largest absolute Gasteiger partial charge is 0.469 e. The Hall–Kier alpha value is -0.610. The second-order valence-electron chi connectivity index (χ2n) is 4.91. The van der Waals surface area contributed by atoms with Crippen LogP contribution in [0, 0.1) is 11.8 Å². The molecule has 1 aliphatic heterocycles. The first-order chi connectivity index (χ1) is 6.94. The molecule has 4 nitrogen and oxygen atoms in total. The minimum Gasteiger partial charge on any atom is -0.469 e. The standard InChI is InChI=1S/C11H18O4/c1-6-5-7(10(12)13-4)9-8(6)14-11(2,3)15-9/h6-9H,5H2,1-4H3/t6-,7+,8+,9-/m1/s1. The predicted octanol–water partition coefficient (Wildman–Crippen LogP) is 1.34. The molecule has 0 N–H and O–H groups in total. The van der Waals surface area contributed by atoms with E-state index in [1.165, 1.54) is 7.11 Å². The van der Waals surface area contributed by atoms with E-state index >= 15 is 0 Å². The summed E-state index contributed by atoms with van der Waals surface area (Å²) < 4.78 is 16.3. The summed E-state index contributed by atoms with van der Waals surface area (Å²) in [6.45, 7) is 5.85. The molecule has 2 fully saturated rings. The average molecular weight is 214 g/mol. The molecule has 1 heterocycles. The zero-order valence-electron chi connectivity index (χ0n) is 9.65. The molecule has 0 aromatic rings. The quantitative estimate of drug-likeness (QED) is 0.618. The number of carbonyl (C=O) groups excluding carboxylic acids is 1. The van der Waals surface area contributed by atoms with E-state index in [2.05, 4.69) is 6.92 Å². The number of rotatable bonds is 1. The average Bonchev–Trinajstić information content (AvgIpc) is 2.61. The van der Waals surface area contributed by atoms with Crippen LogP contribution >= 0.6 is 0 Å². The summed E-state index contributed by atoms with van der Waals surface area (Å²) in [6.07, 6.45) is 0.685. The van der Waals surface area contributed by atoms with Crippen molar-refractivity contribution in [1.82, 2.24) is 0 Å². The summed E-state index contributed by atoms with van der Waals surface area (Å²) in [4.78, 5) is 11.6. The van der Waals surface area contributed by atoms with Gasteiger partial charge in [0.05, 0.1) is 19.1 Å². The summed E-state index contributed by atoms with van der Waals surface area (Å²) in [5, 5.41) is 0. The fourth-order valence-corrected chi connectivity index (χ4v) is 2.62. The number of hydrogen-bond donors (Lipinski definition) is 0. The van der Waals surface area contributed by atoms with Crippen LogP contribution in [0.2, 0.25) is 0 Å². The van der Waals surface area contributed by atoms with Crippen LogP contribution in [0.15, 0.2) is 0 Å². The van der Waals surface area contributed by atoms with Gasteiger partial charge in [-0.1, -0.05) is 6.92 Å². The van der Waals surface area contributed by atoms with Crippen molar-refractivity contribution in [2.45, 2.75) is 45.2 Å². The van der Waals surface area contributed by atoms with E-state index in [-0.39, 0.29) is 24.1 Å². The van der Waals surface area contributed by atoms with Gasteiger partial charge in [0.1, 0.15) is 6.10 Å². The molecule has 0 unspecified atom stereocenters. The molecule has 1 saturated heterocycles. The Morgan fingerprint density at radius 1 is 1.33 bits per heavy atom. The number of carbonyl (C=O) groups is 1. The third-order valence-electron chi connectivity index (χ3n) is 3.25. The first kappa shape index (κ1) is 10.9. The van der Waals surface area contributed by atoms with Gasteiger partial charge in [-0.25, -0.2) is 0 Å². The number of fused-ring (bicyclic) bond motifs is 1. The molecule has 1 aliphatic carbocycles. The minimum absolute atomic E-state index is 0.0316. The van der Waals surface area contributed by atoms with Crippen molar-refractivity contribution < 1.29 is 19.0 Å². The topological polar surface area (TPSA) is 44.8 Å². The number of hydrogen-bond acceptors (Lipinski definition) is 4. The molecule has 4 atom stereocenters. The predicted molar refractivity (Wildman–Crippen MR) is 53.1 cm³/mol. The highest BCUT2D eigenvalue weighted by atomic mass is 16.8. The highest BCUT2D eigenvalue weighted by Crippen LogP contribution is 2.44. The maximum absolute atomic E-state index is 11.6. The maximum Gasteiger partial charge on any atom is 0.311 e. The summed E-state index contributed by atoms with van der Waals surface area (Å²) in [5.41, 5.74) is 0. The molecule has 2 aliphatic rings. The van der Waals surface area contributed by atoms with E-state index < -0.39 is 5.79 Å². The van der Waals surface area contributed by atoms with Crippen LogP contribution in [0.1, 0.15) is 27.2 Å². The van der Waals surface area contributed by atoms with Gasteiger partial charge in [0.25, 0.3) is 0 Å². The monoisotopic (exact) mass is 214 g/mol. The summed E-state index contributed by atoms with van der Waals surface area (Å²) >= 11 is 0. The third-order valence-corrected chi connectivity index (χ3v) is 3.25. The van der Waals surface area contributed by atoms with Gasteiger partial charge < -0.3 is 14.2 Å². The van der Waals surface area contributed by atoms with Crippen LogP contribution in [0.4, 0.5) is 0 Å². The van der Waals surface area contributed by atoms with Crippen molar-refractivity contribution >= 4 is 5.97 Å². The lowest BCUT2D eigenvalue weighted by Gasteiger charge is -2.21. The van der Waals surface area contributed by atoms with Gasteiger partial charge in [-0.15, -0.1) is 0 Å². The van der Waals surface area contributed by atoms with Crippen molar-refractivity contribution in [2.24, 2.45) is 11.8 Å². The molecule has 0 aromatic carbocycles. The van der Waals surface area contributed by atoms with Crippen LogP contribution < -0.4 is 0 Å². The fraction of sp³-hybridized carbons (Fsp3) is 0.909. The Bertz CT molecular complexity index is 274. The maximum atomic E-state index is 11.6. The van der Waals surface area contributed by atoms with Gasteiger partial charge in [0.2, 0.25) is 0 Å². The molecule has 1 saturated carbocycles. The molecule has 0 amide bonds. The number of ether oxygens (including phenoxy) is 3. The minimum atomic E-state index is -0.573. The van der Waals surface area contributed by atoms with E-state index in [0.717, 1.165) is 6.42 Å². The highest BCUT2D eigenvalue weighted by molar-refractivity contribution is 5.73. The molecule has 2 rings (SSSR count). The third kappa shape index (κ3) is 1.76. The molecular weight excluding hydrogens is 196 g/mol. The molecule has 0 spiro atoms. The first-order valence-corrected chi connectivity index (χ1v) is 5.38. The van der Waals surface area contributed by atoms with Gasteiger partial charge in [-0.2, -0.15) is 0 Å². The number of methoxy groups -OCH3 is 1. The molecule has 86 valence electrons. The Labute approximate surface area is 89.9 Å². The lowest BCUT2D eigenvalue weighted by atomic mass is 10.1. The second kappa shape index (κ2) is 3.46. The fourth-order valence-electron chi connectivity index (χ4n) is 2.62. The molecular formula is C11H18O4. The molecule has 0 radical (unpaired) electrons. The Morgan fingerprint density at radius 2 is 1.93 bits per heavy atom. The van der Waals surface area contributed by atoms with E-state index in [1.54, 1.807) is 0 Å². The Kier molecular flexibility index (Phi) is 2.51. The van der Waals surface area contributed by atoms with Crippen LogP contribution in [0.3, 0.4) is 0 Å². The van der Waals surface area contributed by atoms with Crippen molar-refractivity contribution in [3.8, 4) is 0 Å². The first-order valence-electron chi connectivity index (χ1n) is 5.38. The summed E-state index contributed by atoms with van der Waals surface area (Å²) in [7, 11) is 1.42. The smallest absolute Gasteiger partial charge is 0.311 e. The number of esters is 1. The Balaban J connectivity index is 2.16. The van der Waals surface area contributed by atoms with Gasteiger partial charge >= 0.3 is 5.97 Å². The molecule has 0 bridgehead atoms. The van der Waals surface area contributed by atoms with Crippen LogP contribution in [-0.2, 0) is 19.0 Å². The van der Waals surface area contributed by atoms with Gasteiger partial charge in [-0.05, 0) is 26.2 Å². The van der Waals surface area contributed by atoms with E-state index in [4.69, 9.17) is 14.2 Å². The second-order valence-corrected chi connectivity index (χ2v) is 4.91. The Morgan fingerprint density at radius 3 is 2.53 bits per heavy atom. The van der Waals surface area contributed by atoms with E-state index in [1.807, 2.05) is 13.8 Å².